The quantitative estimate of drug-likeness (QED) is 0.426. The lowest BCUT2D eigenvalue weighted by molar-refractivity contribution is -0.384. The summed E-state index contributed by atoms with van der Waals surface area (Å²) in [5.74, 6) is -0.403. The fourth-order valence-electron chi connectivity index (χ4n) is 3.05. The summed E-state index contributed by atoms with van der Waals surface area (Å²) in [6, 6.07) is 10.7. The Bertz CT molecular complexity index is 1230. The van der Waals surface area contributed by atoms with Crippen molar-refractivity contribution in [2.45, 2.75) is 25.7 Å². The highest BCUT2D eigenvalue weighted by molar-refractivity contribution is 7.89. The van der Waals surface area contributed by atoms with Crippen LogP contribution in [0, 0.1) is 17.0 Å². The molecule has 0 bridgehead atoms. The molecule has 3 rings (SSSR count). The predicted molar refractivity (Wildman–Crippen MR) is 118 cm³/mol. The molecular formula is C20H21N3O5S2. The minimum absolute atomic E-state index is 0.0441. The van der Waals surface area contributed by atoms with Gasteiger partial charge in [0.25, 0.3) is 11.6 Å². The SMILES string of the molecule is CCN(CC)S(=O)(=O)c1ccc(C)c(NC(=O)c2cc3cc([N+](=O)[O-])ccc3s2)c1. The first-order chi connectivity index (χ1) is 14.2. The average molecular weight is 448 g/mol. The van der Waals surface area contributed by atoms with Crippen LogP contribution < -0.4 is 5.32 Å². The zero-order chi connectivity index (χ0) is 22.1. The number of thiophene rings is 1. The number of hydrogen-bond donors (Lipinski definition) is 1. The number of fused-ring (bicyclic) bond motifs is 1. The van der Waals surface area contributed by atoms with Gasteiger partial charge in [0.2, 0.25) is 10.0 Å². The molecule has 1 aromatic heterocycles. The van der Waals surface area contributed by atoms with Crippen molar-refractivity contribution in [2.75, 3.05) is 18.4 Å². The number of carbonyl (C=O) groups excluding carboxylic acids is 1. The van der Waals surface area contributed by atoms with Crippen molar-refractivity contribution in [3.05, 3.63) is 63.0 Å². The van der Waals surface area contributed by atoms with Crippen LogP contribution in [-0.4, -0.2) is 36.6 Å². The largest absolute Gasteiger partial charge is 0.321 e. The molecule has 0 aliphatic carbocycles. The fraction of sp³-hybridized carbons (Fsp3) is 0.250. The summed E-state index contributed by atoms with van der Waals surface area (Å²) >= 11 is 1.21. The van der Waals surface area contributed by atoms with E-state index in [-0.39, 0.29) is 10.6 Å². The lowest BCUT2D eigenvalue weighted by atomic mass is 10.2. The van der Waals surface area contributed by atoms with E-state index in [0.717, 1.165) is 10.3 Å². The van der Waals surface area contributed by atoms with Gasteiger partial charge in [-0.1, -0.05) is 19.9 Å². The molecule has 0 saturated carbocycles. The number of nitro benzene ring substituents is 1. The van der Waals surface area contributed by atoms with Gasteiger partial charge in [0.15, 0.2) is 0 Å². The maximum Gasteiger partial charge on any atom is 0.270 e. The van der Waals surface area contributed by atoms with Crippen LogP contribution in [-0.2, 0) is 10.0 Å². The van der Waals surface area contributed by atoms with Gasteiger partial charge in [-0.2, -0.15) is 4.31 Å². The van der Waals surface area contributed by atoms with Crippen molar-refractivity contribution in [2.24, 2.45) is 0 Å². The summed E-state index contributed by atoms with van der Waals surface area (Å²) in [5.41, 5.74) is 1.08. The highest BCUT2D eigenvalue weighted by atomic mass is 32.2. The molecule has 158 valence electrons. The van der Waals surface area contributed by atoms with Gasteiger partial charge in [-0.15, -0.1) is 11.3 Å². The second-order valence-corrected chi connectivity index (χ2v) is 9.63. The Labute approximate surface area is 178 Å². The van der Waals surface area contributed by atoms with Crippen molar-refractivity contribution < 1.29 is 18.1 Å². The highest BCUT2D eigenvalue weighted by Gasteiger charge is 2.23. The summed E-state index contributed by atoms with van der Waals surface area (Å²) in [6.07, 6.45) is 0. The van der Waals surface area contributed by atoms with Gasteiger partial charge in [0, 0.05) is 41.0 Å². The second-order valence-electron chi connectivity index (χ2n) is 6.61. The maximum atomic E-state index is 12.8. The molecule has 0 aliphatic rings. The van der Waals surface area contributed by atoms with Crippen molar-refractivity contribution in [3.8, 4) is 0 Å². The number of nitro groups is 1. The third-order valence-electron chi connectivity index (χ3n) is 4.73. The third kappa shape index (κ3) is 4.20. The monoisotopic (exact) mass is 447 g/mol. The van der Waals surface area contributed by atoms with Gasteiger partial charge in [-0.3, -0.25) is 14.9 Å². The summed E-state index contributed by atoms with van der Waals surface area (Å²) in [7, 11) is -3.65. The van der Waals surface area contributed by atoms with Crippen LogP contribution in [0.15, 0.2) is 47.4 Å². The van der Waals surface area contributed by atoms with E-state index in [9.17, 15) is 23.3 Å². The van der Waals surface area contributed by atoms with Crippen LogP contribution in [0.2, 0.25) is 0 Å². The van der Waals surface area contributed by atoms with Crippen molar-refractivity contribution in [1.82, 2.24) is 4.31 Å². The van der Waals surface area contributed by atoms with Crippen LogP contribution in [0.4, 0.5) is 11.4 Å². The number of carbonyl (C=O) groups is 1. The number of hydrogen-bond acceptors (Lipinski definition) is 6. The van der Waals surface area contributed by atoms with Crippen LogP contribution in [0.1, 0.15) is 29.1 Å². The number of aryl methyl sites for hydroxylation is 1. The van der Waals surface area contributed by atoms with Gasteiger partial charge in [0.05, 0.1) is 14.7 Å². The molecule has 0 unspecified atom stereocenters. The molecule has 1 amide bonds. The Hall–Kier alpha value is -2.82. The van der Waals surface area contributed by atoms with Crippen molar-refractivity contribution in [3.63, 3.8) is 0 Å². The molecule has 0 radical (unpaired) electrons. The normalized spacial score (nSPS) is 11.7. The molecule has 1 heterocycles. The van der Waals surface area contributed by atoms with Crippen LogP contribution >= 0.6 is 11.3 Å². The molecular weight excluding hydrogens is 426 g/mol. The third-order valence-corrected chi connectivity index (χ3v) is 7.90. The summed E-state index contributed by atoms with van der Waals surface area (Å²) in [6.45, 7) is 6.01. The molecule has 0 spiro atoms. The first kappa shape index (κ1) is 21.9. The fourth-order valence-corrected chi connectivity index (χ4v) is 5.47. The number of nitrogens with zero attached hydrogens (tertiary/aromatic N) is 2. The van der Waals surface area contributed by atoms with Crippen molar-refractivity contribution in [1.29, 1.82) is 0 Å². The van der Waals surface area contributed by atoms with E-state index in [1.54, 1.807) is 39.0 Å². The topological polar surface area (TPSA) is 110 Å². The molecule has 0 saturated heterocycles. The van der Waals surface area contributed by atoms with E-state index in [4.69, 9.17) is 0 Å². The number of anilines is 1. The standard InChI is InChI=1S/C20H21N3O5S2/c1-4-22(5-2)30(27,28)16-8-6-13(3)17(12-16)21-20(24)19-11-14-10-15(23(25)26)7-9-18(14)29-19/h6-12H,4-5H2,1-3H3,(H,21,24). The van der Waals surface area contributed by atoms with E-state index < -0.39 is 20.9 Å². The molecule has 8 nitrogen and oxygen atoms in total. The number of rotatable bonds is 7. The Morgan fingerprint density at radius 2 is 1.83 bits per heavy atom. The maximum absolute atomic E-state index is 12.8. The molecule has 0 atom stereocenters. The number of non-ortho nitro benzene ring substituents is 1. The first-order valence-corrected chi connectivity index (χ1v) is 11.5. The molecule has 30 heavy (non-hydrogen) atoms. The van der Waals surface area contributed by atoms with Crippen LogP contribution in [0.3, 0.4) is 0 Å². The average Bonchev–Trinajstić information content (AvgIpc) is 3.13. The van der Waals surface area contributed by atoms with Crippen LogP contribution in [0.25, 0.3) is 10.1 Å². The Balaban J connectivity index is 1.91. The molecule has 3 aromatic rings. The molecule has 10 heteroatoms. The number of amides is 1. The summed E-state index contributed by atoms with van der Waals surface area (Å²) < 4.78 is 27.7. The van der Waals surface area contributed by atoms with E-state index in [0.29, 0.717) is 29.0 Å². The highest BCUT2D eigenvalue weighted by Crippen LogP contribution is 2.30. The van der Waals surface area contributed by atoms with Crippen molar-refractivity contribution >= 4 is 48.7 Å². The Morgan fingerprint density at radius 1 is 1.13 bits per heavy atom. The predicted octanol–water partition coefficient (Wildman–Crippen LogP) is 4.40. The smallest absolute Gasteiger partial charge is 0.270 e. The second kappa shape index (κ2) is 8.50. The molecule has 0 fully saturated rings. The molecule has 1 N–H and O–H groups in total. The first-order valence-electron chi connectivity index (χ1n) is 9.27. The van der Waals surface area contributed by atoms with E-state index in [1.165, 1.54) is 39.9 Å². The molecule has 2 aromatic carbocycles. The van der Waals surface area contributed by atoms with Crippen LogP contribution in [0.5, 0.6) is 0 Å². The minimum atomic E-state index is -3.65. The lowest BCUT2D eigenvalue weighted by Crippen LogP contribution is -2.30. The van der Waals surface area contributed by atoms with Gasteiger partial charge in [-0.05, 0) is 36.8 Å². The zero-order valence-corrected chi connectivity index (χ0v) is 18.3. The van der Waals surface area contributed by atoms with Gasteiger partial charge in [0.1, 0.15) is 0 Å². The van der Waals surface area contributed by atoms with E-state index in [2.05, 4.69) is 5.32 Å². The lowest BCUT2D eigenvalue weighted by Gasteiger charge is -2.19. The summed E-state index contributed by atoms with van der Waals surface area (Å²) in [4.78, 5) is 23.7. The summed E-state index contributed by atoms with van der Waals surface area (Å²) in [5, 5.41) is 14.3. The van der Waals surface area contributed by atoms with E-state index >= 15 is 0 Å². The Kier molecular flexibility index (Phi) is 6.20. The van der Waals surface area contributed by atoms with Gasteiger partial charge < -0.3 is 5.32 Å². The minimum Gasteiger partial charge on any atom is -0.321 e. The van der Waals surface area contributed by atoms with Gasteiger partial charge in [-0.25, -0.2) is 8.42 Å². The van der Waals surface area contributed by atoms with E-state index in [1.807, 2.05) is 0 Å². The number of nitrogens with one attached hydrogen (secondary N) is 1. The number of sulfonamides is 1. The number of benzene rings is 2. The molecule has 0 aliphatic heterocycles. The zero-order valence-electron chi connectivity index (χ0n) is 16.7. The Morgan fingerprint density at radius 3 is 2.47 bits per heavy atom. The van der Waals surface area contributed by atoms with Gasteiger partial charge >= 0.3 is 0 Å².